The van der Waals surface area contributed by atoms with Gasteiger partial charge in [-0.2, -0.15) is 5.10 Å². The molecule has 4 rings (SSSR count). The second kappa shape index (κ2) is 9.63. The first-order valence-corrected chi connectivity index (χ1v) is 9.94. The summed E-state index contributed by atoms with van der Waals surface area (Å²) in [7, 11) is 0. The van der Waals surface area contributed by atoms with E-state index in [1.165, 1.54) is 35.3 Å². The molecule has 14 heteroatoms. The van der Waals surface area contributed by atoms with Crippen LogP contribution >= 0.6 is 11.6 Å². The minimum absolute atomic E-state index is 0.0420. The first-order valence-electron chi connectivity index (χ1n) is 9.57. The summed E-state index contributed by atoms with van der Waals surface area (Å²) in [5.74, 6) is -1.42. The highest BCUT2D eigenvalue weighted by Gasteiger charge is 2.22. The van der Waals surface area contributed by atoms with Crippen LogP contribution < -0.4 is 5.32 Å². The second-order valence-electron chi connectivity index (χ2n) is 6.97. The predicted molar refractivity (Wildman–Crippen MR) is 108 cm³/mol. The molecule has 178 valence electrons. The smallest absolute Gasteiger partial charge is 0.293 e. The van der Waals surface area contributed by atoms with Crippen molar-refractivity contribution in [1.29, 1.82) is 0 Å². The van der Waals surface area contributed by atoms with Crippen molar-refractivity contribution in [2.45, 2.75) is 25.9 Å². The molecule has 0 atom stereocenters. The first-order chi connectivity index (χ1) is 16.2. The maximum absolute atomic E-state index is 13.2. The van der Waals surface area contributed by atoms with Gasteiger partial charge in [-0.25, -0.2) is 31.6 Å². The highest BCUT2D eigenvalue weighted by atomic mass is 35.5. The molecule has 1 amide bonds. The largest absolute Gasteiger partial charge is 0.454 e. The number of benzene rings is 1. The number of rotatable bonds is 8. The van der Waals surface area contributed by atoms with Crippen molar-refractivity contribution in [3.63, 3.8) is 0 Å². The van der Waals surface area contributed by atoms with Crippen molar-refractivity contribution < 1.29 is 31.2 Å². The molecule has 1 aromatic carbocycles. The molecule has 3 aromatic heterocycles. The van der Waals surface area contributed by atoms with Gasteiger partial charge in [0, 0.05) is 5.02 Å². The van der Waals surface area contributed by atoms with Crippen LogP contribution in [-0.2, 0) is 13.1 Å². The number of carbonyl (C=O) groups excluding carboxylic acids is 1. The molecule has 0 aliphatic carbocycles. The van der Waals surface area contributed by atoms with Crippen LogP contribution in [0.1, 0.15) is 46.1 Å². The average Bonchev–Trinajstić information content (AvgIpc) is 3.50. The molecule has 0 spiro atoms. The van der Waals surface area contributed by atoms with Crippen LogP contribution in [0.15, 0.2) is 47.1 Å². The van der Waals surface area contributed by atoms with Crippen LogP contribution in [0.2, 0.25) is 5.02 Å². The first kappa shape index (κ1) is 23.4. The highest BCUT2D eigenvalue weighted by Crippen LogP contribution is 2.26. The van der Waals surface area contributed by atoms with Gasteiger partial charge in [0.2, 0.25) is 5.95 Å². The number of furan rings is 1. The standard InChI is InChI=1S/C20H14ClF5N6O2/c21-13-5-11(22)2-1-10(13)7-31-9-27-20(30-31)28-19(33)16-4-3-12(34-16)8-32-15(18(25)26)6-14(29-32)17(23)24/h1-6,9,17-18H,7-8H2,(H,28,30,33). The molecule has 0 radical (unpaired) electrons. The van der Waals surface area contributed by atoms with Gasteiger partial charge in [0.1, 0.15) is 29.3 Å². The van der Waals surface area contributed by atoms with E-state index >= 15 is 0 Å². The van der Waals surface area contributed by atoms with Gasteiger partial charge < -0.3 is 4.42 Å². The molecule has 3 heterocycles. The van der Waals surface area contributed by atoms with Gasteiger partial charge in [-0.15, -0.1) is 5.10 Å². The number of aromatic nitrogens is 5. The third-order valence-corrected chi connectivity index (χ3v) is 4.93. The Labute approximate surface area is 192 Å². The van der Waals surface area contributed by atoms with Crippen LogP contribution in [0.25, 0.3) is 0 Å². The minimum Gasteiger partial charge on any atom is -0.454 e. The summed E-state index contributed by atoms with van der Waals surface area (Å²) < 4.78 is 72.4. The van der Waals surface area contributed by atoms with E-state index in [4.69, 9.17) is 16.0 Å². The summed E-state index contributed by atoms with van der Waals surface area (Å²) in [6, 6.07) is 7.12. The van der Waals surface area contributed by atoms with E-state index in [1.54, 1.807) is 0 Å². The zero-order valence-corrected chi connectivity index (χ0v) is 17.7. The number of hydrogen-bond donors (Lipinski definition) is 1. The number of halogens is 6. The summed E-state index contributed by atoms with van der Waals surface area (Å²) >= 11 is 5.99. The SMILES string of the molecule is O=C(Nc1ncn(Cc2ccc(F)cc2Cl)n1)c1ccc(Cn2nc(C(F)F)cc2C(F)F)o1. The topological polar surface area (TPSA) is 90.8 Å². The number of anilines is 1. The summed E-state index contributed by atoms with van der Waals surface area (Å²) in [5, 5.41) is 10.1. The van der Waals surface area contributed by atoms with E-state index in [1.807, 2.05) is 0 Å². The van der Waals surface area contributed by atoms with Crippen molar-refractivity contribution in [3.8, 4) is 0 Å². The molecule has 0 saturated carbocycles. The quantitative estimate of drug-likeness (QED) is 0.341. The van der Waals surface area contributed by atoms with Gasteiger partial charge in [-0.1, -0.05) is 17.7 Å². The predicted octanol–water partition coefficient (Wildman–Crippen LogP) is 5.08. The van der Waals surface area contributed by atoms with Crippen molar-refractivity contribution in [1.82, 2.24) is 24.5 Å². The lowest BCUT2D eigenvalue weighted by atomic mass is 10.2. The lowest BCUT2D eigenvalue weighted by Gasteiger charge is -2.04. The Balaban J connectivity index is 1.42. The molecule has 0 aliphatic heterocycles. The number of hydrogen-bond acceptors (Lipinski definition) is 5. The number of amides is 1. The van der Waals surface area contributed by atoms with Crippen molar-refractivity contribution in [2.75, 3.05) is 5.32 Å². The monoisotopic (exact) mass is 500 g/mol. The van der Waals surface area contributed by atoms with E-state index in [-0.39, 0.29) is 35.6 Å². The maximum atomic E-state index is 13.2. The van der Waals surface area contributed by atoms with Crippen LogP contribution in [0.5, 0.6) is 0 Å². The molecule has 0 fully saturated rings. The van der Waals surface area contributed by atoms with E-state index in [0.717, 1.165) is 6.07 Å². The number of nitrogens with zero attached hydrogens (tertiary/aromatic N) is 5. The molecule has 8 nitrogen and oxygen atoms in total. The summed E-state index contributed by atoms with van der Waals surface area (Å²) in [4.78, 5) is 16.4. The fourth-order valence-electron chi connectivity index (χ4n) is 3.01. The third-order valence-electron chi connectivity index (χ3n) is 4.58. The Morgan fingerprint density at radius 2 is 1.85 bits per heavy atom. The molecule has 4 aromatic rings. The zero-order chi connectivity index (χ0) is 24.4. The number of carbonyl (C=O) groups is 1. The van der Waals surface area contributed by atoms with E-state index in [9.17, 15) is 26.7 Å². The molecule has 0 bridgehead atoms. The molecule has 0 saturated heterocycles. The Bertz CT molecular complexity index is 1320. The van der Waals surface area contributed by atoms with Crippen LogP contribution in [0.3, 0.4) is 0 Å². The zero-order valence-electron chi connectivity index (χ0n) is 16.9. The normalized spacial score (nSPS) is 11.5. The summed E-state index contributed by atoms with van der Waals surface area (Å²) in [5.41, 5.74) is -0.907. The van der Waals surface area contributed by atoms with Gasteiger partial charge in [0.25, 0.3) is 18.8 Å². The Morgan fingerprint density at radius 1 is 1.06 bits per heavy atom. The molecule has 1 N–H and O–H groups in total. The van der Waals surface area contributed by atoms with E-state index in [2.05, 4.69) is 20.5 Å². The molecular formula is C20H14ClF5N6O2. The van der Waals surface area contributed by atoms with Crippen LogP contribution in [-0.4, -0.2) is 30.5 Å². The Hall–Kier alpha value is -3.74. The maximum Gasteiger partial charge on any atom is 0.293 e. The second-order valence-corrected chi connectivity index (χ2v) is 7.38. The number of alkyl halides is 4. The van der Waals surface area contributed by atoms with Gasteiger partial charge in [0.15, 0.2) is 5.76 Å². The Kier molecular flexibility index (Phi) is 6.63. The van der Waals surface area contributed by atoms with Crippen molar-refractivity contribution in [2.24, 2.45) is 0 Å². The third kappa shape index (κ3) is 5.25. The fraction of sp³-hybridized carbons (Fsp3) is 0.200. The average molecular weight is 501 g/mol. The molecule has 0 aliphatic rings. The van der Waals surface area contributed by atoms with Gasteiger partial charge >= 0.3 is 0 Å². The van der Waals surface area contributed by atoms with E-state index < -0.39 is 36.0 Å². The minimum atomic E-state index is -3.02. The van der Waals surface area contributed by atoms with E-state index in [0.29, 0.717) is 16.3 Å². The number of nitrogens with one attached hydrogen (secondary N) is 1. The van der Waals surface area contributed by atoms with Crippen LogP contribution in [0.4, 0.5) is 27.9 Å². The summed E-state index contributed by atoms with van der Waals surface area (Å²) in [6.07, 6.45) is -4.71. The van der Waals surface area contributed by atoms with Gasteiger partial charge in [0.05, 0.1) is 13.1 Å². The fourth-order valence-corrected chi connectivity index (χ4v) is 3.24. The molecule has 34 heavy (non-hydrogen) atoms. The summed E-state index contributed by atoms with van der Waals surface area (Å²) in [6.45, 7) is -0.213. The molecule has 0 unspecified atom stereocenters. The van der Waals surface area contributed by atoms with Crippen molar-refractivity contribution in [3.05, 3.63) is 82.0 Å². The molecular weight excluding hydrogens is 487 g/mol. The highest BCUT2D eigenvalue weighted by molar-refractivity contribution is 6.31. The van der Waals surface area contributed by atoms with Gasteiger partial charge in [-0.3, -0.25) is 14.8 Å². The lowest BCUT2D eigenvalue weighted by molar-refractivity contribution is 0.0993. The Morgan fingerprint density at radius 3 is 2.56 bits per heavy atom. The van der Waals surface area contributed by atoms with Gasteiger partial charge in [-0.05, 0) is 35.9 Å². The van der Waals surface area contributed by atoms with Crippen molar-refractivity contribution >= 4 is 23.5 Å². The lowest BCUT2D eigenvalue weighted by Crippen LogP contribution is -2.13. The van der Waals surface area contributed by atoms with Crippen LogP contribution in [0, 0.1) is 5.82 Å².